The molecule has 2 rings (SSSR count). The lowest BCUT2D eigenvalue weighted by atomic mass is 10.2. The van der Waals surface area contributed by atoms with Gasteiger partial charge < -0.3 is 9.52 Å². The van der Waals surface area contributed by atoms with Gasteiger partial charge in [-0.2, -0.15) is 0 Å². The highest BCUT2D eigenvalue weighted by molar-refractivity contribution is 5.73. The van der Waals surface area contributed by atoms with E-state index in [-0.39, 0.29) is 12.4 Å². The summed E-state index contributed by atoms with van der Waals surface area (Å²) in [6, 6.07) is 5.32. The van der Waals surface area contributed by atoms with Crippen molar-refractivity contribution < 1.29 is 9.52 Å². The third-order valence-corrected chi connectivity index (χ3v) is 2.46. The maximum Gasteiger partial charge on any atom is 0.419 e. The summed E-state index contributed by atoms with van der Waals surface area (Å²) in [6.45, 7) is 4.69. The lowest BCUT2D eigenvalue weighted by molar-refractivity contribution is 0.282. The first-order chi connectivity index (χ1) is 7.61. The summed E-state index contributed by atoms with van der Waals surface area (Å²) < 4.78 is 6.76. The van der Waals surface area contributed by atoms with Crippen molar-refractivity contribution >= 4 is 11.1 Å². The Morgan fingerprint density at radius 2 is 2.19 bits per heavy atom. The van der Waals surface area contributed by atoms with Gasteiger partial charge in [-0.3, -0.25) is 4.57 Å². The Bertz CT molecular complexity index is 551. The molecule has 0 atom stereocenters. The molecule has 0 unspecified atom stereocenters. The molecule has 0 saturated heterocycles. The van der Waals surface area contributed by atoms with Crippen molar-refractivity contribution in [3.8, 4) is 0 Å². The third kappa shape index (κ3) is 1.88. The summed E-state index contributed by atoms with van der Waals surface area (Å²) in [5.41, 5.74) is 2.08. The summed E-state index contributed by atoms with van der Waals surface area (Å²) in [4.78, 5) is 11.6. The number of rotatable bonds is 3. The molecule has 1 aromatic carbocycles. The number of aliphatic hydroxyl groups excluding tert-OH is 1. The number of oxazole rings is 1. The normalized spacial score (nSPS) is 11.5. The van der Waals surface area contributed by atoms with E-state index in [0.29, 0.717) is 18.0 Å². The molecule has 4 nitrogen and oxygen atoms in total. The number of fused-ring (bicyclic) bond motifs is 1. The van der Waals surface area contributed by atoms with Crippen LogP contribution in [0.2, 0.25) is 0 Å². The highest BCUT2D eigenvalue weighted by Crippen LogP contribution is 2.16. The standard InChI is InChI=1S/C12H15NO3/c1-8(2)6-13-10-4-3-9(7-14)5-11(10)16-12(13)15/h3-5,8,14H,6-7H2,1-2H3. The van der Waals surface area contributed by atoms with Crippen LogP contribution >= 0.6 is 0 Å². The number of hydrogen-bond donors (Lipinski definition) is 1. The van der Waals surface area contributed by atoms with E-state index in [1.165, 1.54) is 0 Å². The molecule has 0 radical (unpaired) electrons. The number of hydrogen-bond acceptors (Lipinski definition) is 3. The van der Waals surface area contributed by atoms with Crippen molar-refractivity contribution in [3.05, 3.63) is 34.3 Å². The van der Waals surface area contributed by atoms with Gasteiger partial charge in [0.15, 0.2) is 5.58 Å². The van der Waals surface area contributed by atoms with E-state index in [2.05, 4.69) is 0 Å². The molecule has 0 amide bonds. The van der Waals surface area contributed by atoms with Crippen LogP contribution in [0.25, 0.3) is 11.1 Å². The van der Waals surface area contributed by atoms with Gasteiger partial charge in [0.25, 0.3) is 0 Å². The monoisotopic (exact) mass is 221 g/mol. The zero-order chi connectivity index (χ0) is 11.7. The molecule has 0 aliphatic rings. The van der Waals surface area contributed by atoms with Gasteiger partial charge in [0, 0.05) is 6.54 Å². The van der Waals surface area contributed by atoms with Crippen molar-refractivity contribution in [2.45, 2.75) is 27.0 Å². The number of benzene rings is 1. The average molecular weight is 221 g/mol. The molecule has 1 N–H and O–H groups in total. The molecule has 1 aromatic heterocycles. The summed E-state index contributed by atoms with van der Waals surface area (Å²) in [6.07, 6.45) is 0. The topological polar surface area (TPSA) is 55.4 Å². The van der Waals surface area contributed by atoms with Crippen molar-refractivity contribution in [1.29, 1.82) is 0 Å². The lowest BCUT2D eigenvalue weighted by Gasteiger charge is -2.04. The molecule has 0 fully saturated rings. The number of aromatic nitrogens is 1. The van der Waals surface area contributed by atoms with E-state index in [0.717, 1.165) is 11.1 Å². The molecule has 1 heterocycles. The molecule has 0 aliphatic heterocycles. The summed E-state index contributed by atoms with van der Waals surface area (Å²) >= 11 is 0. The van der Waals surface area contributed by atoms with Gasteiger partial charge in [-0.05, 0) is 23.6 Å². The second-order valence-electron chi connectivity index (χ2n) is 4.33. The molecule has 0 saturated carbocycles. The Morgan fingerprint density at radius 3 is 2.81 bits per heavy atom. The fraction of sp³-hybridized carbons (Fsp3) is 0.417. The van der Waals surface area contributed by atoms with Crippen LogP contribution < -0.4 is 5.76 Å². The van der Waals surface area contributed by atoms with Crippen molar-refractivity contribution in [3.63, 3.8) is 0 Å². The Balaban J connectivity index is 2.58. The van der Waals surface area contributed by atoms with E-state index in [4.69, 9.17) is 9.52 Å². The van der Waals surface area contributed by atoms with Gasteiger partial charge in [-0.25, -0.2) is 4.79 Å². The minimum Gasteiger partial charge on any atom is -0.408 e. The Hall–Kier alpha value is -1.55. The molecule has 16 heavy (non-hydrogen) atoms. The maximum atomic E-state index is 11.6. The van der Waals surface area contributed by atoms with Crippen LogP contribution in [0.4, 0.5) is 0 Å². The van der Waals surface area contributed by atoms with Crippen molar-refractivity contribution in [1.82, 2.24) is 4.57 Å². The fourth-order valence-corrected chi connectivity index (χ4v) is 1.75. The smallest absolute Gasteiger partial charge is 0.408 e. The summed E-state index contributed by atoms with van der Waals surface area (Å²) in [5, 5.41) is 8.99. The van der Waals surface area contributed by atoms with Gasteiger partial charge in [-0.15, -0.1) is 0 Å². The van der Waals surface area contributed by atoms with Crippen LogP contribution in [0.3, 0.4) is 0 Å². The first kappa shape index (κ1) is 11.0. The zero-order valence-electron chi connectivity index (χ0n) is 9.43. The van der Waals surface area contributed by atoms with Gasteiger partial charge in [0.05, 0.1) is 12.1 Å². The van der Waals surface area contributed by atoms with Crippen LogP contribution in [0.1, 0.15) is 19.4 Å². The van der Waals surface area contributed by atoms with Crippen molar-refractivity contribution in [2.75, 3.05) is 0 Å². The van der Waals surface area contributed by atoms with E-state index in [9.17, 15) is 4.79 Å². The van der Waals surface area contributed by atoms with Crippen molar-refractivity contribution in [2.24, 2.45) is 5.92 Å². The molecule has 2 aromatic rings. The first-order valence-corrected chi connectivity index (χ1v) is 5.35. The molecule has 4 heteroatoms. The second-order valence-corrected chi connectivity index (χ2v) is 4.33. The molecule has 0 spiro atoms. The van der Waals surface area contributed by atoms with E-state index < -0.39 is 0 Å². The van der Waals surface area contributed by atoms with Crippen LogP contribution in [-0.2, 0) is 13.2 Å². The molecule has 0 bridgehead atoms. The third-order valence-electron chi connectivity index (χ3n) is 2.46. The number of nitrogens with zero attached hydrogens (tertiary/aromatic N) is 1. The predicted molar refractivity (Wildman–Crippen MR) is 61.2 cm³/mol. The van der Waals surface area contributed by atoms with Gasteiger partial charge >= 0.3 is 5.76 Å². The predicted octanol–water partition coefficient (Wildman–Crippen LogP) is 1.74. The molecule has 86 valence electrons. The Kier molecular flexibility index (Phi) is 2.83. The van der Waals surface area contributed by atoms with E-state index in [1.807, 2.05) is 19.9 Å². The second kappa shape index (κ2) is 4.14. The Morgan fingerprint density at radius 1 is 1.44 bits per heavy atom. The fourth-order valence-electron chi connectivity index (χ4n) is 1.75. The number of aliphatic hydroxyl groups is 1. The van der Waals surface area contributed by atoms with Crippen LogP contribution in [-0.4, -0.2) is 9.67 Å². The zero-order valence-corrected chi connectivity index (χ0v) is 9.43. The van der Waals surface area contributed by atoms with Gasteiger partial charge in [0.2, 0.25) is 0 Å². The van der Waals surface area contributed by atoms with Crippen LogP contribution in [0.15, 0.2) is 27.4 Å². The quantitative estimate of drug-likeness (QED) is 0.859. The molecular weight excluding hydrogens is 206 g/mol. The maximum absolute atomic E-state index is 11.6. The van der Waals surface area contributed by atoms with Crippen LogP contribution in [0.5, 0.6) is 0 Å². The largest absolute Gasteiger partial charge is 0.419 e. The minimum absolute atomic E-state index is 0.0466. The van der Waals surface area contributed by atoms with E-state index in [1.54, 1.807) is 16.7 Å². The SMILES string of the molecule is CC(C)Cn1c(=O)oc2cc(CO)ccc21. The first-order valence-electron chi connectivity index (χ1n) is 5.35. The lowest BCUT2D eigenvalue weighted by Crippen LogP contribution is -2.17. The Labute approximate surface area is 93.1 Å². The minimum atomic E-state index is -0.334. The molecular formula is C12H15NO3. The van der Waals surface area contributed by atoms with Crippen LogP contribution in [0, 0.1) is 5.92 Å². The summed E-state index contributed by atoms with van der Waals surface area (Å²) in [7, 11) is 0. The van der Waals surface area contributed by atoms with E-state index >= 15 is 0 Å². The average Bonchev–Trinajstić information content (AvgIpc) is 2.54. The summed E-state index contributed by atoms with van der Waals surface area (Å²) in [5.74, 6) is 0.0507. The van der Waals surface area contributed by atoms with Gasteiger partial charge in [-0.1, -0.05) is 19.9 Å². The highest BCUT2D eigenvalue weighted by Gasteiger charge is 2.10. The van der Waals surface area contributed by atoms with Gasteiger partial charge in [0.1, 0.15) is 0 Å². The highest BCUT2D eigenvalue weighted by atomic mass is 16.4. The molecule has 0 aliphatic carbocycles.